The molecule has 13 rings (SSSR count). The predicted octanol–water partition coefficient (Wildman–Crippen LogP) is 18.1. The molecule has 0 radical (unpaired) electrons. The van der Waals surface area contributed by atoms with Crippen LogP contribution in [0.25, 0.3) is 66.8 Å². The lowest BCUT2D eigenvalue weighted by molar-refractivity contribution is 0.661. The first kappa shape index (κ1) is 41.2. The fourth-order valence-electron chi connectivity index (χ4n) is 12.8. The van der Waals surface area contributed by atoms with Crippen molar-refractivity contribution in [2.45, 2.75) is 50.9 Å². The van der Waals surface area contributed by atoms with Gasteiger partial charge in [0, 0.05) is 27.6 Å². The second-order valence-electron chi connectivity index (χ2n) is 20.5. The molecule has 330 valence electrons. The quantitative estimate of drug-likeness (QED) is 0.154. The molecular weight excluding hydrogens is 831 g/mol. The minimum atomic E-state index is -0.256. The zero-order chi connectivity index (χ0) is 46.6. The van der Waals surface area contributed by atoms with E-state index in [4.69, 9.17) is 0 Å². The Morgan fingerprint density at radius 1 is 0.275 bits per heavy atom. The molecule has 0 heterocycles. The first-order valence-electron chi connectivity index (χ1n) is 24.5. The Morgan fingerprint density at radius 2 is 0.696 bits per heavy atom. The molecule has 1 unspecified atom stereocenters. The maximum atomic E-state index is 2.49. The van der Waals surface area contributed by atoms with Crippen LogP contribution in [-0.4, -0.2) is 0 Å². The molecule has 69 heavy (non-hydrogen) atoms. The van der Waals surface area contributed by atoms with Crippen molar-refractivity contribution in [3.63, 3.8) is 0 Å². The third kappa shape index (κ3) is 6.03. The molecule has 0 saturated heterocycles. The summed E-state index contributed by atoms with van der Waals surface area (Å²) in [6.07, 6.45) is 0. The lowest BCUT2D eigenvalue weighted by Gasteiger charge is -2.32. The molecule has 1 nitrogen and oxygen atoms in total. The number of hydrogen-bond acceptors (Lipinski definition) is 1. The summed E-state index contributed by atoms with van der Waals surface area (Å²) in [6, 6.07) is 86.2. The van der Waals surface area contributed by atoms with Crippen LogP contribution in [0.4, 0.5) is 17.1 Å². The van der Waals surface area contributed by atoms with Gasteiger partial charge >= 0.3 is 0 Å². The van der Waals surface area contributed by atoms with Crippen molar-refractivity contribution in [1.82, 2.24) is 0 Å². The molecule has 0 N–H and O–H groups in total. The molecule has 0 fully saturated rings. The van der Waals surface area contributed by atoms with Gasteiger partial charge in [0.15, 0.2) is 0 Å². The maximum absolute atomic E-state index is 2.49. The Hall–Kier alpha value is -8.00. The van der Waals surface area contributed by atoms with Gasteiger partial charge in [0.2, 0.25) is 0 Å². The van der Waals surface area contributed by atoms with Crippen LogP contribution in [0.15, 0.2) is 231 Å². The second-order valence-corrected chi connectivity index (χ2v) is 20.5. The third-order valence-electron chi connectivity index (χ3n) is 16.2. The van der Waals surface area contributed by atoms with E-state index in [-0.39, 0.29) is 16.2 Å². The fraction of sp³-hybridized carbons (Fsp3) is 0.118. The summed E-state index contributed by atoms with van der Waals surface area (Å²) in [5.41, 5.74) is 27.8. The first-order chi connectivity index (χ1) is 33.6. The highest BCUT2D eigenvalue weighted by Gasteiger charge is 2.42. The topological polar surface area (TPSA) is 3.24 Å². The number of anilines is 3. The van der Waals surface area contributed by atoms with Crippen molar-refractivity contribution in [3.05, 3.63) is 269 Å². The van der Waals surface area contributed by atoms with Gasteiger partial charge in [0.25, 0.3) is 0 Å². The van der Waals surface area contributed by atoms with Crippen LogP contribution in [-0.2, 0) is 16.2 Å². The first-order valence-corrected chi connectivity index (χ1v) is 24.5. The van der Waals surface area contributed by atoms with Gasteiger partial charge in [0.1, 0.15) is 0 Å². The van der Waals surface area contributed by atoms with Gasteiger partial charge in [0.05, 0.1) is 5.69 Å². The Morgan fingerprint density at radius 3 is 1.32 bits per heavy atom. The SMILES string of the molecule is CC1(C)c2ccccc2-c2cccc(-c3ccccc3-c3ccc(N(c4ccc(-c5ccc6c(c5)C(C)(c5ccccc5)c5ccccc5-6)cc4)c4cccc5c4C(C)(C)c4ccccc4-5)cc3)c21. The molecule has 1 heteroatoms. The normalized spacial score (nSPS) is 16.2. The number of rotatable bonds is 7. The zero-order valence-corrected chi connectivity index (χ0v) is 39.9. The standard InChI is InChI=1S/C68H53N/c1-66(2)59-29-14-11-24-53(59)57-27-17-26-56(64(57)66)51-22-10-9-21-50(51)45-35-40-49(41-36-45)69(63-32-18-28-58-54-25-12-15-30-60(54)67(3,4)65(58)63)48-38-33-44(34-39-48)46-37-42-55-52-23-13-16-31-61(52)68(5,62(55)43-46)47-19-7-6-8-20-47/h6-43H,1-5H3. The van der Waals surface area contributed by atoms with Crippen LogP contribution < -0.4 is 4.90 Å². The van der Waals surface area contributed by atoms with Crippen molar-refractivity contribution in [1.29, 1.82) is 0 Å². The summed E-state index contributed by atoms with van der Waals surface area (Å²) >= 11 is 0. The van der Waals surface area contributed by atoms with E-state index in [1.807, 2.05) is 0 Å². The van der Waals surface area contributed by atoms with Crippen LogP contribution in [0.3, 0.4) is 0 Å². The Kier molecular flexibility index (Phi) is 9.11. The smallest absolute Gasteiger partial charge is 0.0508 e. The molecule has 0 bridgehead atoms. The summed E-state index contributed by atoms with van der Waals surface area (Å²) in [6.45, 7) is 11.9. The van der Waals surface area contributed by atoms with E-state index in [9.17, 15) is 0 Å². The van der Waals surface area contributed by atoms with E-state index in [2.05, 4.69) is 270 Å². The van der Waals surface area contributed by atoms with Crippen LogP contribution in [0.2, 0.25) is 0 Å². The van der Waals surface area contributed by atoms with Crippen LogP contribution in [0.5, 0.6) is 0 Å². The largest absolute Gasteiger partial charge is 0.310 e. The molecule has 0 aliphatic heterocycles. The Labute approximate surface area is 407 Å². The van der Waals surface area contributed by atoms with Gasteiger partial charge in [-0.25, -0.2) is 0 Å². The minimum absolute atomic E-state index is 0.117. The van der Waals surface area contributed by atoms with E-state index < -0.39 is 0 Å². The molecule has 10 aromatic carbocycles. The summed E-state index contributed by atoms with van der Waals surface area (Å²) in [4.78, 5) is 2.49. The van der Waals surface area contributed by atoms with E-state index in [1.54, 1.807) is 0 Å². The number of nitrogens with zero attached hydrogens (tertiary/aromatic N) is 1. The maximum Gasteiger partial charge on any atom is 0.0508 e. The number of benzene rings is 10. The molecule has 3 aliphatic carbocycles. The van der Waals surface area contributed by atoms with Gasteiger partial charge in [-0.15, -0.1) is 0 Å². The van der Waals surface area contributed by atoms with Crippen LogP contribution in [0, 0.1) is 0 Å². The van der Waals surface area contributed by atoms with Crippen molar-refractivity contribution in [2.75, 3.05) is 4.90 Å². The molecule has 10 aromatic rings. The predicted molar refractivity (Wildman–Crippen MR) is 290 cm³/mol. The number of fused-ring (bicyclic) bond motifs is 9. The van der Waals surface area contributed by atoms with Gasteiger partial charge in [-0.05, 0) is 149 Å². The fourth-order valence-corrected chi connectivity index (χ4v) is 12.8. The summed E-state index contributed by atoms with van der Waals surface area (Å²) in [5, 5.41) is 0. The summed E-state index contributed by atoms with van der Waals surface area (Å²) in [5.74, 6) is 0. The van der Waals surface area contributed by atoms with E-state index >= 15 is 0 Å². The summed E-state index contributed by atoms with van der Waals surface area (Å²) < 4.78 is 0. The van der Waals surface area contributed by atoms with E-state index in [1.165, 1.54) is 111 Å². The van der Waals surface area contributed by atoms with Crippen molar-refractivity contribution in [3.8, 4) is 66.8 Å². The Bertz CT molecular complexity index is 3670. The highest BCUT2D eigenvalue weighted by Crippen LogP contribution is 2.57. The molecular formula is C68H53N. The van der Waals surface area contributed by atoms with Gasteiger partial charge in [-0.1, -0.05) is 222 Å². The lowest BCUT2D eigenvalue weighted by Crippen LogP contribution is -2.22. The van der Waals surface area contributed by atoms with Crippen molar-refractivity contribution in [2.24, 2.45) is 0 Å². The molecule has 3 aliphatic rings. The minimum Gasteiger partial charge on any atom is -0.310 e. The van der Waals surface area contributed by atoms with E-state index in [0.29, 0.717) is 0 Å². The third-order valence-corrected chi connectivity index (χ3v) is 16.2. The van der Waals surface area contributed by atoms with Crippen molar-refractivity contribution >= 4 is 17.1 Å². The molecule has 0 amide bonds. The second kappa shape index (κ2) is 15.3. The van der Waals surface area contributed by atoms with Crippen LogP contribution >= 0.6 is 0 Å². The molecule has 1 atom stereocenters. The molecule has 0 saturated carbocycles. The van der Waals surface area contributed by atoms with Gasteiger partial charge in [-0.3, -0.25) is 0 Å². The average Bonchev–Trinajstić information content (AvgIpc) is 3.91. The zero-order valence-electron chi connectivity index (χ0n) is 39.9. The molecule has 0 aromatic heterocycles. The Balaban J connectivity index is 0.921. The summed E-state index contributed by atoms with van der Waals surface area (Å²) in [7, 11) is 0. The van der Waals surface area contributed by atoms with Gasteiger partial charge in [-0.2, -0.15) is 0 Å². The van der Waals surface area contributed by atoms with Crippen molar-refractivity contribution < 1.29 is 0 Å². The highest BCUT2D eigenvalue weighted by molar-refractivity contribution is 5.95. The average molecular weight is 884 g/mol. The monoisotopic (exact) mass is 883 g/mol. The highest BCUT2D eigenvalue weighted by atomic mass is 15.1. The van der Waals surface area contributed by atoms with Gasteiger partial charge < -0.3 is 4.90 Å². The van der Waals surface area contributed by atoms with Crippen LogP contribution in [0.1, 0.15) is 73.6 Å². The number of hydrogen-bond donors (Lipinski definition) is 0. The lowest BCUT2D eigenvalue weighted by atomic mass is 9.74. The van der Waals surface area contributed by atoms with E-state index in [0.717, 1.165) is 11.4 Å². The molecule has 0 spiro atoms.